The fraction of sp³-hybridized carbons (Fsp3) is 0.500. The predicted octanol–water partition coefficient (Wildman–Crippen LogP) is -0.129. The molecule has 1 aromatic rings. The molecule has 0 atom stereocenters. The monoisotopic (exact) mass is 112 g/mol. The van der Waals surface area contributed by atoms with E-state index in [1.165, 1.54) is 6.33 Å². The Labute approximate surface area is 47.5 Å². The fourth-order valence-corrected chi connectivity index (χ4v) is 0.414. The van der Waals surface area contributed by atoms with Gasteiger partial charge in [-0.25, -0.2) is 5.10 Å². The van der Waals surface area contributed by atoms with Crippen LogP contribution in [-0.2, 0) is 0 Å². The SMILES string of the molecule is CN(C)c1ncn[nH]1. The molecule has 0 saturated carbocycles. The van der Waals surface area contributed by atoms with E-state index in [9.17, 15) is 0 Å². The van der Waals surface area contributed by atoms with Gasteiger partial charge in [0.15, 0.2) is 0 Å². The van der Waals surface area contributed by atoms with Gasteiger partial charge in [0.2, 0.25) is 5.95 Å². The number of aromatic nitrogens is 3. The van der Waals surface area contributed by atoms with Crippen LogP contribution in [0.15, 0.2) is 6.33 Å². The van der Waals surface area contributed by atoms with Gasteiger partial charge >= 0.3 is 0 Å². The Balaban J connectivity index is 2.77. The number of anilines is 1. The van der Waals surface area contributed by atoms with Crippen LogP contribution in [0, 0.1) is 0 Å². The van der Waals surface area contributed by atoms with Crippen LogP contribution in [0.25, 0.3) is 0 Å². The topological polar surface area (TPSA) is 44.8 Å². The summed E-state index contributed by atoms with van der Waals surface area (Å²) in [5, 5.41) is 6.37. The van der Waals surface area contributed by atoms with E-state index in [1.54, 1.807) is 0 Å². The Morgan fingerprint density at radius 2 is 2.38 bits per heavy atom. The molecule has 1 heterocycles. The second-order valence-electron chi connectivity index (χ2n) is 1.70. The van der Waals surface area contributed by atoms with Gasteiger partial charge in [-0.15, -0.1) is 0 Å². The molecule has 1 rings (SSSR count). The zero-order chi connectivity index (χ0) is 5.98. The van der Waals surface area contributed by atoms with Gasteiger partial charge in [0.1, 0.15) is 6.33 Å². The molecule has 1 N–H and O–H groups in total. The number of hydrogen-bond donors (Lipinski definition) is 1. The maximum atomic E-state index is 3.88. The molecule has 0 aliphatic heterocycles. The lowest BCUT2D eigenvalue weighted by Gasteiger charge is -2.03. The molecule has 0 saturated heterocycles. The van der Waals surface area contributed by atoms with Crippen LogP contribution in [0.5, 0.6) is 0 Å². The molecule has 0 fully saturated rings. The maximum absolute atomic E-state index is 3.88. The third-order valence-electron chi connectivity index (χ3n) is 0.826. The van der Waals surface area contributed by atoms with Crippen LogP contribution < -0.4 is 4.90 Å². The average Bonchev–Trinajstić information content (AvgIpc) is 2.12. The average molecular weight is 112 g/mol. The summed E-state index contributed by atoms with van der Waals surface area (Å²) in [5.41, 5.74) is 0. The van der Waals surface area contributed by atoms with Crippen LogP contribution in [0.3, 0.4) is 0 Å². The van der Waals surface area contributed by atoms with E-state index in [0.717, 1.165) is 5.95 Å². The highest BCUT2D eigenvalue weighted by Gasteiger charge is 1.92. The molecule has 0 spiro atoms. The molecular weight excluding hydrogens is 104 g/mol. The lowest BCUT2D eigenvalue weighted by atomic mass is 10.8. The third kappa shape index (κ3) is 0.776. The third-order valence-corrected chi connectivity index (χ3v) is 0.826. The van der Waals surface area contributed by atoms with Gasteiger partial charge in [-0.1, -0.05) is 0 Å². The van der Waals surface area contributed by atoms with Crippen molar-refractivity contribution in [2.75, 3.05) is 19.0 Å². The molecule has 0 radical (unpaired) electrons. The molecule has 0 aromatic carbocycles. The Hall–Kier alpha value is -1.06. The van der Waals surface area contributed by atoms with E-state index in [1.807, 2.05) is 19.0 Å². The van der Waals surface area contributed by atoms with Crippen molar-refractivity contribution in [3.63, 3.8) is 0 Å². The number of hydrogen-bond acceptors (Lipinski definition) is 3. The molecule has 44 valence electrons. The molecule has 1 aromatic heterocycles. The van der Waals surface area contributed by atoms with Crippen LogP contribution in [0.4, 0.5) is 5.95 Å². The first kappa shape index (κ1) is 5.08. The second kappa shape index (κ2) is 1.81. The number of rotatable bonds is 1. The summed E-state index contributed by atoms with van der Waals surface area (Å²) in [7, 11) is 3.81. The highest BCUT2D eigenvalue weighted by molar-refractivity contribution is 5.22. The van der Waals surface area contributed by atoms with Crippen molar-refractivity contribution >= 4 is 5.95 Å². The van der Waals surface area contributed by atoms with Crippen LogP contribution in [0.2, 0.25) is 0 Å². The lowest BCUT2D eigenvalue weighted by Crippen LogP contribution is -2.09. The number of aromatic amines is 1. The highest BCUT2D eigenvalue weighted by atomic mass is 15.3. The van der Waals surface area contributed by atoms with Crippen LogP contribution in [-0.4, -0.2) is 29.3 Å². The molecule has 0 amide bonds. The van der Waals surface area contributed by atoms with E-state index in [0.29, 0.717) is 0 Å². The molecule has 4 heteroatoms. The van der Waals surface area contributed by atoms with E-state index in [2.05, 4.69) is 15.2 Å². The second-order valence-corrected chi connectivity index (χ2v) is 1.70. The van der Waals surface area contributed by atoms with Gasteiger partial charge in [0, 0.05) is 14.1 Å². The normalized spacial score (nSPS) is 9.25. The Kier molecular flexibility index (Phi) is 1.15. The van der Waals surface area contributed by atoms with Gasteiger partial charge in [-0.2, -0.15) is 10.1 Å². The van der Waals surface area contributed by atoms with Crippen molar-refractivity contribution in [3.8, 4) is 0 Å². The van der Waals surface area contributed by atoms with E-state index in [4.69, 9.17) is 0 Å². The minimum atomic E-state index is 0.782. The highest BCUT2D eigenvalue weighted by Crippen LogP contribution is 1.94. The standard InChI is InChI=1S/C4H8N4/c1-8(2)4-5-3-6-7-4/h3H,1-2H3,(H,5,6,7). The maximum Gasteiger partial charge on any atom is 0.220 e. The van der Waals surface area contributed by atoms with Gasteiger partial charge < -0.3 is 4.90 Å². The first-order chi connectivity index (χ1) is 3.80. The fourth-order valence-electron chi connectivity index (χ4n) is 0.414. The van der Waals surface area contributed by atoms with Crippen molar-refractivity contribution in [2.45, 2.75) is 0 Å². The smallest absolute Gasteiger partial charge is 0.220 e. The van der Waals surface area contributed by atoms with E-state index in [-0.39, 0.29) is 0 Å². The summed E-state index contributed by atoms with van der Waals surface area (Å²) in [6.07, 6.45) is 1.48. The Morgan fingerprint density at radius 3 is 2.62 bits per heavy atom. The molecule has 0 aliphatic carbocycles. The number of nitrogens with zero attached hydrogens (tertiary/aromatic N) is 3. The van der Waals surface area contributed by atoms with Crippen molar-refractivity contribution in [1.29, 1.82) is 0 Å². The van der Waals surface area contributed by atoms with Crippen LogP contribution in [0.1, 0.15) is 0 Å². The minimum absolute atomic E-state index is 0.782. The summed E-state index contributed by atoms with van der Waals surface area (Å²) in [5.74, 6) is 0.782. The zero-order valence-electron chi connectivity index (χ0n) is 4.92. The summed E-state index contributed by atoms with van der Waals surface area (Å²) in [4.78, 5) is 5.73. The van der Waals surface area contributed by atoms with E-state index < -0.39 is 0 Å². The zero-order valence-corrected chi connectivity index (χ0v) is 4.92. The number of H-pyrrole nitrogens is 1. The molecule has 0 bridgehead atoms. The molecule has 4 nitrogen and oxygen atoms in total. The van der Waals surface area contributed by atoms with Crippen molar-refractivity contribution in [2.24, 2.45) is 0 Å². The molecule has 0 aliphatic rings. The largest absolute Gasteiger partial charge is 0.347 e. The minimum Gasteiger partial charge on any atom is -0.347 e. The molecule has 0 unspecified atom stereocenters. The first-order valence-corrected chi connectivity index (χ1v) is 2.33. The Morgan fingerprint density at radius 1 is 1.62 bits per heavy atom. The first-order valence-electron chi connectivity index (χ1n) is 2.33. The molecule has 8 heavy (non-hydrogen) atoms. The van der Waals surface area contributed by atoms with Crippen molar-refractivity contribution in [1.82, 2.24) is 15.2 Å². The van der Waals surface area contributed by atoms with Crippen LogP contribution >= 0.6 is 0 Å². The Bertz CT molecular complexity index is 143. The van der Waals surface area contributed by atoms with Gasteiger partial charge in [-0.3, -0.25) is 0 Å². The summed E-state index contributed by atoms with van der Waals surface area (Å²) in [6.45, 7) is 0. The quantitative estimate of drug-likeness (QED) is 0.550. The van der Waals surface area contributed by atoms with Gasteiger partial charge in [0.05, 0.1) is 0 Å². The summed E-state index contributed by atoms with van der Waals surface area (Å²) >= 11 is 0. The van der Waals surface area contributed by atoms with Crippen molar-refractivity contribution < 1.29 is 0 Å². The summed E-state index contributed by atoms with van der Waals surface area (Å²) in [6, 6.07) is 0. The van der Waals surface area contributed by atoms with Gasteiger partial charge in [-0.05, 0) is 0 Å². The summed E-state index contributed by atoms with van der Waals surface area (Å²) < 4.78 is 0. The van der Waals surface area contributed by atoms with Gasteiger partial charge in [0.25, 0.3) is 0 Å². The van der Waals surface area contributed by atoms with Crippen molar-refractivity contribution in [3.05, 3.63) is 6.33 Å². The number of nitrogens with one attached hydrogen (secondary N) is 1. The predicted molar refractivity (Wildman–Crippen MR) is 30.7 cm³/mol. The van der Waals surface area contributed by atoms with E-state index >= 15 is 0 Å². The molecular formula is C4H8N4. The lowest BCUT2D eigenvalue weighted by molar-refractivity contribution is 0.998.